The molecule has 0 radical (unpaired) electrons. The van der Waals surface area contributed by atoms with Gasteiger partial charge in [0.25, 0.3) is 10.0 Å². The van der Waals surface area contributed by atoms with Gasteiger partial charge in [-0.1, -0.05) is 40.9 Å². The van der Waals surface area contributed by atoms with Crippen LogP contribution in [-0.4, -0.2) is 8.42 Å². The van der Waals surface area contributed by atoms with E-state index in [0.29, 0.717) is 21.3 Å². The van der Waals surface area contributed by atoms with Crippen LogP contribution in [0, 0.1) is 13.8 Å². The zero-order chi connectivity index (χ0) is 15.8. The van der Waals surface area contributed by atoms with E-state index in [1.807, 2.05) is 6.92 Å². The highest BCUT2D eigenvalue weighted by atomic mass is 35.5. The molecule has 0 aliphatic carbocycles. The third-order valence-electron chi connectivity index (χ3n) is 2.93. The van der Waals surface area contributed by atoms with E-state index in [1.54, 1.807) is 25.1 Å². The van der Waals surface area contributed by atoms with Gasteiger partial charge in [-0.2, -0.15) is 0 Å². The van der Waals surface area contributed by atoms with E-state index in [1.165, 1.54) is 12.1 Å². The normalized spacial score (nSPS) is 11.5. The van der Waals surface area contributed by atoms with Gasteiger partial charge in [-0.15, -0.1) is 0 Å². The summed E-state index contributed by atoms with van der Waals surface area (Å²) in [7, 11) is -3.81. The van der Waals surface area contributed by atoms with Crippen LogP contribution in [0.3, 0.4) is 0 Å². The van der Waals surface area contributed by atoms with E-state index in [0.717, 1.165) is 5.56 Å². The summed E-state index contributed by atoms with van der Waals surface area (Å²) in [5.74, 6) is 0. The lowest BCUT2D eigenvalue weighted by Crippen LogP contribution is -2.13. The Labute approximate surface area is 138 Å². The Bertz CT molecular complexity index is 804. The molecule has 0 fully saturated rings. The first-order chi connectivity index (χ1) is 9.70. The van der Waals surface area contributed by atoms with Crippen molar-refractivity contribution in [2.75, 3.05) is 4.72 Å². The molecule has 112 valence electrons. The SMILES string of the molecule is Cc1ccc(NS(=O)(=O)c2cc(C)c(Cl)cc2Cl)cc1Cl. The number of hydrogen-bond acceptors (Lipinski definition) is 2. The first-order valence-corrected chi connectivity index (χ1v) is 8.57. The summed E-state index contributed by atoms with van der Waals surface area (Å²) in [4.78, 5) is -0.0252. The van der Waals surface area contributed by atoms with Crippen LogP contribution in [-0.2, 0) is 10.0 Å². The third-order valence-corrected chi connectivity index (χ3v) is 5.59. The van der Waals surface area contributed by atoms with Gasteiger partial charge in [0.2, 0.25) is 0 Å². The molecule has 0 aromatic heterocycles. The Morgan fingerprint density at radius 2 is 1.48 bits per heavy atom. The average molecular weight is 365 g/mol. The predicted molar refractivity (Wildman–Crippen MR) is 88.2 cm³/mol. The van der Waals surface area contributed by atoms with Crippen molar-refractivity contribution >= 4 is 50.5 Å². The molecule has 0 aliphatic rings. The molecule has 0 bridgehead atoms. The number of rotatable bonds is 3. The van der Waals surface area contributed by atoms with Crippen LogP contribution in [0.5, 0.6) is 0 Å². The fourth-order valence-electron chi connectivity index (χ4n) is 1.70. The maximum absolute atomic E-state index is 12.4. The van der Waals surface area contributed by atoms with Gasteiger partial charge in [-0.3, -0.25) is 4.72 Å². The van der Waals surface area contributed by atoms with E-state index >= 15 is 0 Å². The molecular formula is C14H12Cl3NO2S. The summed E-state index contributed by atoms with van der Waals surface area (Å²) in [6.45, 7) is 3.54. The van der Waals surface area contributed by atoms with Gasteiger partial charge in [-0.05, 0) is 49.2 Å². The minimum absolute atomic E-state index is 0.0252. The van der Waals surface area contributed by atoms with Crippen molar-refractivity contribution in [3.8, 4) is 0 Å². The molecule has 0 saturated carbocycles. The molecule has 0 atom stereocenters. The Hall–Kier alpha value is -0.940. The lowest BCUT2D eigenvalue weighted by atomic mass is 10.2. The zero-order valence-electron chi connectivity index (χ0n) is 11.2. The van der Waals surface area contributed by atoms with Crippen LogP contribution in [0.15, 0.2) is 35.2 Å². The number of anilines is 1. The number of benzene rings is 2. The number of sulfonamides is 1. The maximum atomic E-state index is 12.4. The predicted octanol–water partition coefficient (Wildman–Crippen LogP) is 5.06. The second kappa shape index (κ2) is 6.05. The molecule has 0 unspecified atom stereocenters. The number of nitrogens with one attached hydrogen (secondary N) is 1. The van der Waals surface area contributed by atoms with Crippen LogP contribution in [0.2, 0.25) is 15.1 Å². The molecule has 21 heavy (non-hydrogen) atoms. The molecule has 7 heteroatoms. The van der Waals surface area contributed by atoms with Crippen LogP contribution < -0.4 is 4.72 Å². The lowest BCUT2D eigenvalue weighted by molar-refractivity contribution is 0.601. The molecule has 0 heterocycles. The lowest BCUT2D eigenvalue weighted by Gasteiger charge is -2.12. The molecule has 3 nitrogen and oxygen atoms in total. The molecule has 0 amide bonds. The summed E-state index contributed by atoms with van der Waals surface area (Å²) in [6, 6.07) is 7.76. The van der Waals surface area contributed by atoms with Crippen molar-refractivity contribution in [2.45, 2.75) is 18.7 Å². The van der Waals surface area contributed by atoms with Crippen molar-refractivity contribution in [1.82, 2.24) is 0 Å². The largest absolute Gasteiger partial charge is 0.280 e. The first kappa shape index (κ1) is 16.4. The average Bonchev–Trinajstić information content (AvgIpc) is 2.37. The highest BCUT2D eigenvalue weighted by molar-refractivity contribution is 7.92. The monoisotopic (exact) mass is 363 g/mol. The highest BCUT2D eigenvalue weighted by Crippen LogP contribution is 2.30. The summed E-state index contributed by atoms with van der Waals surface area (Å²) in [5, 5.41) is 0.960. The Morgan fingerprint density at radius 3 is 2.10 bits per heavy atom. The summed E-state index contributed by atoms with van der Waals surface area (Å²) >= 11 is 17.9. The molecule has 0 aliphatic heterocycles. The second-order valence-electron chi connectivity index (χ2n) is 4.60. The molecule has 0 spiro atoms. The van der Waals surface area contributed by atoms with Gasteiger partial charge in [0.05, 0.1) is 10.7 Å². The van der Waals surface area contributed by atoms with Crippen molar-refractivity contribution in [1.29, 1.82) is 0 Å². The summed E-state index contributed by atoms with van der Waals surface area (Å²) < 4.78 is 27.3. The van der Waals surface area contributed by atoms with E-state index in [-0.39, 0.29) is 9.92 Å². The first-order valence-electron chi connectivity index (χ1n) is 5.95. The van der Waals surface area contributed by atoms with Crippen LogP contribution in [0.1, 0.15) is 11.1 Å². The molecule has 2 aromatic rings. The zero-order valence-corrected chi connectivity index (χ0v) is 14.3. The van der Waals surface area contributed by atoms with E-state index in [2.05, 4.69) is 4.72 Å². The van der Waals surface area contributed by atoms with E-state index in [4.69, 9.17) is 34.8 Å². The molecule has 1 N–H and O–H groups in total. The fourth-order valence-corrected chi connectivity index (χ4v) is 3.77. The summed E-state index contributed by atoms with van der Waals surface area (Å²) in [5.41, 5.74) is 1.86. The Kier molecular flexibility index (Phi) is 4.73. The van der Waals surface area contributed by atoms with Crippen molar-refractivity contribution in [2.24, 2.45) is 0 Å². The molecular weight excluding hydrogens is 353 g/mol. The number of hydrogen-bond donors (Lipinski definition) is 1. The molecule has 2 aromatic carbocycles. The van der Waals surface area contributed by atoms with Crippen LogP contribution in [0.4, 0.5) is 5.69 Å². The van der Waals surface area contributed by atoms with Gasteiger partial charge in [-0.25, -0.2) is 8.42 Å². The van der Waals surface area contributed by atoms with Crippen LogP contribution in [0.25, 0.3) is 0 Å². The Balaban J connectivity index is 2.43. The fraction of sp³-hybridized carbons (Fsp3) is 0.143. The summed E-state index contributed by atoms with van der Waals surface area (Å²) in [6.07, 6.45) is 0. The van der Waals surface area contributed by atoms with Gasteiger partial charge < -0.3 is 0 Å². The standard InChI is InChI=1S/C14H12Cl3NO2S/c1-8-3-4-10(6-11(8)15)18-21(19,20)14-5-9(2)12(16)7-13(14)17/h3-7,18H,1-2H3. The highest BCUT2D eigenvalue weighted by Gasteiger charge is 2.19. The minimum Gasteiger partial charge on any atom is -0.280 e. The van der Waals surface area contributed by atoms with E-state index < -0.39 is 10.0 Å². The van der Waals surface area contributed by atoms with E-state index in [9.17, 15) is 8.42 Å². The van der Waals surface area contributed by atoms with Crippen LogP contribution >= 0.6 is 34.8 Å². The second-order valence-corrected chi connectivity index (χ2v) is 7.47. The van der Waals surface area contributed by atoms with Crippen molar-refractivity contribution in [3.05, 3.63) is 56.5 Å². The van der Waals surface area contributed by atoms with Crippen molar-refractivity contribution < 1.29 is 8.42 Å². The van der Waals surface area contributed by atoms with Gasteiger partial charge in [0.15, 0.2) is 0 Å². The van der Waals surface area contributed by atoms with Gasteiger partial charge in [0, 0.05) is 10.0 Å². The number of halogens is 3. The molecule has 2 rings (SSSR count). The van der Waals surface area contributed by atoms with Gasteiger partial charge in [0.1, 0.15) is 4.90 Å². The quantitative estimate of drug-likeness (QED) is 0.827. The molecule has 0 saturated heterocycles. The smallest absolute Gasteiger partial charge is 0.263 e. The topological polar surface area (TPSA) is 46.2 Å². The third kappa shape index (κ3) is 3.64. The Morgan fingerprint density at radius 1 is 0.857 bits per heavy atom. The van der Waals surface area contributed by atoms with Gasteiger partial charge >= 0.3 is 0 Å². The number of aryl methyl sites for hydroxylation is 2. The maximum Gasteiger partial charge on any atom is 0.263 e. The van der Waals surface area contributed by atoms with Crippen molar-refractivity contribution in [3.63, 3.8) is 0 Å². The minimum atomic E-state index is -3.81.